The van der Waals surface area contributed by atoms with Gasteiger partial charge in [0.15, 0.2) is 0 Å². The molecule has 0 aliphatic carbocycles. The minimum absolute atomic E-state index is 0.0366. The number of carbonyl (C=O) groups excluding carboxylic acids is 1. The molecule has 1 N–H and O–H groups in total. The number of aromatic nitrogens is 1. The lowest BCUT2D eigenvalue weighted by Gasteiger charge is -2.51. The maximum absolute atomic E-state index is 13.4. The minimum Gasteiger partial charge on any atom is -0.497 e. The molecule has 8 heteroatoms. The predicted octanol–water partition coefficient (Wildman–Crippen LogP) is 4.03. The normalized spacial score (nSPS) is 21.5. The molecule has 1 spiro atoms. The number of hydrogen-bond acceptors (Lipinski definition) is 6. The number of likely N-dealkylation sites (tertiary alicyclic amines) is 1. The summed E-state index contributed by atoms with van der Waals surface area (Å²) >= 11 is 0. The Morgan fingerprint density at radius 2 is 1.70 bits per heavy atom. The molecule has 1 atom stereocenters. The topological polar surface area (TPSA) is 76.4 Å². The lowest BCUT2D eigenvalue weighted by atomic mass is 9.68. The van der Waals surface area contributed by atoms with E-state index in [1.54, 1.807) is 14.2 Å². The van der Waals surface area contributed by atoms with Gasteiger partial charge >= 0.3 is 0 Å². The second kappa shape index (κ2) is 11.1. The van der Waals surface area contributed by atoms with Crippen LogP contribution >= 0.6 is 0 Å². The zero-order chi connectivity index (χ0) is 27.9. The Hall–Kier alpha value is -3.07. The molecule has 0 saturated carbocycles. The summed E-state index contributed by atoms with van der Waals surface area (Å²) in [4.78, 5) is 18.0. The van der Waals surface area contributed by atoms with Gasteiger partial charge in [0.05, 0.1) is 32.4 Å². The Kier molecular flexibility index (Phi) is 7.50. The van der Waals surface area contributed by atoms with Crippen molar-refractivity contribution in [2.45, 2.75) is 43.7 Å². The van der Waals surface area contributed by atoms with Gasteiger partial charge in [-0.1, -0.05) is 12.1 Å². The maximum atomic E-state index is 13.4. The largest absolute Gasteiger partial charge is 0.497 e. The molecule has 214 valence electrons. The summed E-state index contributed by atoms with van der Waals surface area (Å²) in [6.07, 6.45) is 3.45. The highest BCUT2D eigenvalue weighted by Gasteiger charge is 2.48. The van der Waals surface area contributed by atoms with Crippen LogP contribution in [-0.4, -0.2) is 79.1 Å². The Morgan fingerprint density at radius 1 is 1.02 bits per heavy atom. The number of piperidine rings is 1. The van der Waals surface area contributed by atoms with Crippen LogP contribution in [0.3, 0.4) is 0 Å². The summed E-state index contributed by atoms with van der Waals surface area (Å²) < 4.78 is 18.7. The van der Waals surface area contributed by atoms with Gasteiger partial charge in [-0.25, -0.2) is 0 Å². The summed E-state index contributed by atoms with van der Waals surface area (Å²) in [6, 6.07) is 14.4. The Bertz CT molecular complexity index is 1350. The Balaban J connectivity index is 1.38. The number of aliphatic hydroxyl groups excluding tert-OH is 1. The first-order valence-electron chi connectivity index (χ1n) is 14.5. The van der Waals surface area contributed by atoms with Gasteiger partial charge in [0.25, 0.3) is 0 Å². The number of methoxy groups -OCH3 is 2. The fourth-order valence-electron chi connectivity index (χ4n) is 7.36. The molecule has 3 aromatic rings. The van der Waals surface area contributed by atoms with Crippen molar-refractivity contribution in [2.75, 3.05) is 53.7 Å². The summed E-state index contributed by atoms with van der Waals surface area (Å²) in [5.74, 6) is 2.04. The van der Waals surface area contributed by atoms with Crippen molar-refractivity contribution < 1.29 is 24.1 Å². The van der Waals surface area contributed by atoms with E-state index in [1.807, 2.05) is 18.2 Å². The molecule has 6 rings (SSSR count). The van der Waals surface area contributed by atoms with E-state index in [0.29, 0.717) is 19.1 Å². The molecule has 0 bridgehead atoms. The number of amides is 1. The number of aliphatic hydroxyl groups is 1. The molecule has 2 fully saturated rings. The molecule has 4 heterocycles. The van der Waals surface area contributed by atoms with E-state index in [-0.39, 0.29) is 24.0 Å². The second-order valence-corrected chi connectivity index (χ2v) is 11.6. The third kappa shape index (κ3) is 4.66. The van der Waals surface area contributed by atoms with Gasteiger partial charge in [0.2, 0.25) is 5.91 Å². The van der Waals surface area contributed by atoms with E-state index in [9.17, 15) is 9.90 Å². The predicted molar refractivity (Wildman–Crippen MR) is 154 cm³/mol. The highest BCUT2D eigenvalue weighted by atomic mass is 16.5. The van der Waals surface area contributed by atoms with Gasteiger partial charge in [-0.15, -0.1) is 0 Å². The van der Waals surface area contributed by atoms with Crippen molar-refractivity contribution in [3.8, 4) is 11.5 Å². The number of aryl methyl sites for hydroxylation is 1. The van der Waals surface area contributed by atoms with Gasteiger partial charge in [-0.3, -0.25) is 9.69 Å². The second-order valence-electron chi connectivity index (χ2n) is 11.6. The monoisotopic (exact) mass is 547 g/mol. The lowest BCUT2D eigenvalue weighted by molar-refractivity contribution is -0.140. The summed E-state index contributed by atoms with van der Waals surface area (Å²) in [6.45, 7) is 4.47. The molecule has 1 amide bonds. The van der Waals surface area contributed by atoms with E-state index in [4.69, 9.17) is 14.2 Å². The maximum Gasteiger partial charge on any atom is 0.225 e. The molecular formula is C32H41N3O5. The van der Waals surface area contributed by atoms with Crippen LogP contribution in [0.15, 0.2) is 42.5 Å². The van der Waals surface area contributed by atoms with Crippen molar-refractivity contribution in [3.63, 3.8) is 0 Å². The van der Waals surface area contributed by atoms with Crippen LogP contribution in [0.2, 0.25) is 0 Å². The molecule has 8 nitrogen and oxygen atoms in total. The van der Waals surface area contributed by atoms with Gasteiger partial charge in [0, 0.05) is 74.9 Å². The molecule has 0 radical (unpaired) electrons. The summed E-state index contributed by atoms with van der Waals surface area (Å²) in [7, 11) is 5.49. The molecule has 3 aliphatic rings. The number of hydrogen-bond donors (Lipinski definition) is 1. The van der Waals surface area contributed by atoms with Crippen LogP contribution in [0.5, 0.6) is 11.5 Å². The Labute approximate surface area is 236 Å². The average Bonchev–Trinajstić information content (AvgIpc) is 3.30. The zero-order valence-corrected chi connectivity index (χ0v) is 23.9. The molecular weight excluding hydrogens is 506 g/mol. The van der Waals surface area contributed by atoms with Crippen molar-refractivity contribution in [2.24, 2.45) is 13.0 Å². The zero-order valence-electron chi connectivity index (χ0n) is 23.9. The van der Waals surface area contributed by atoms with E-state index >= 15 is 0 Å². The molecule has 3 aliphatic heterocycles. The smallest absolute Gasteiger partial charge is 0.225 e. The van der Waals surface area contributed by atoms with E-state index in [2.05, 4.69) is 45.7 Å². The van der Waals surface area contributed by atoms with Crippen LogP contribution in [0.1, 0.15) is 48.5 Å². The van der Waals surface area contributed by atoms with E-state index in [0.717, 1.165) is 68.9 Å². The third-order valence-electron chi connectivity index (χ3n) is 9.57. The number of fused-ring (bicyclic) bond motifs is 4. The molecule has 40 heavy (non-hydrogen) atoms. The quantitative estimate of drug-likeness (QED) is 0.502. The van der Waals surface area contributed by atoms with Crippen LogP contribution < -0.4 is 9.47 Å². The lowest BCUT2D eigenvalue weighted by Crippen LogP contribution is -2.55. The van der Waals surface area contributed by atoms with Gasteiger partial charge in [0.1, 0.15) is 11.5 Å². The number of ether oxygens (including phenoxy) is 3. The minimum atomic E-state index is -0.131. The standard InChI is InChI=1S/C32H41N3O5/c1-33-27-18-25(39-3)8-9-26(27)29-30(33)28(20-36)35(19-22-4-6-24(38-2)7-5-22)21-32(29)12-14-34(15-13-32)31(37)23-10-16-40-17-11-23/h4-9,18,23,28,36H,10-17,19-21H2,1-3H3/t28-/m1/s1. The van der Waals surface area contributed by atoms with Crippen LogP contribution in [-0.2, 0) is 28.5 Å². The molecule has 2 saturated heterocycles. The molecule has 0 unspecified atom stereocenters. The molecule has 2 aromatic carbocycles. The van der Waals surface area contributed by atoms with Gasteiger partial charge in [-0.05, 0) is 61.1 Å². The third-order valence-corrected chi connectivity index (χ3v) is 9.57. The molecule has 1 aromatic heterocycles. The van der Waals surface area contributed by atoms with Crippen LogP contribution in [0.4, 0.5) is 0 Å². The Morgan fingerprint density at radius 3 is 2.35 bits per heavy atom. The van der Waals surface area contributed by atoms with Crippen molar-refractivity contribution in [1.82, 2.24) is 14.4 Å². The van der Waals surface area contributed by atoms with Crippen LogP contribution in [0, 0.1) is 5.92 Å². The number of benzene rings is 2. The van der Waals surface area contributed by atoms with Crippen LogP contribution in [0.25, 0.3) is 10.9 Å². The first kappa shape index (κ1) is 27.1. The number of carbonyl (C=O) groups is 1. The van der Waals surface area contributed by atoms with Crippen molar-refractivity contribution in [3.05, 3.63) is 59.3 Å². The first-order valence-corrected chi connectivity index (χ1v) is 14.5. The highest BCUT2D eigenvalue weighted by Crippen LogP contribution is 2.50. The van der Waals surface area contributed by atoms with Crippen molar-refractivity contribution in [1.29, 1.82) is 0 Å². The fourth-order valence-corrected chi connectivity index (χ4v) is 7.36. The van der Waals surface area contributed by atoms with Gasteiger partial charge < -0.3 is 28.8 Å². The first-order chi connectivity index (χ1) is 19.5. The van der Waals surface area contributed by atoms with Gasteiger partial charge in [-0.2, -0.15) is 0 Å². The number of nitrogens with zero attached hydrogens (tertiary/aromatic N) is 3. The number of rotatable bonds is 6. The van der Waals surface area contributed by atoms with E-state index in [1.165, 1.54) is 22.2 Å². The fraction of sp³-hybridized carbons (Fsp3) is 0.531. The summed E-state index contributed by atoms with van der Waals surface area (Å²) in [5, 5.41) is 12.0. The van der Waals surface area contributed by atoms with E-state index < -0.39 is 0 Å². The van der Waals surface area contributed by atoms with Crippen molar-refractivity contribution >= 4 is 16.8 Å². The average molecular weight is 548 g/mol. The summed E-state index contributed by atoms with van der Waals surface area (Å²) in [5.41, 5.74) is 4.71. The SMILES string of the molecule is COc1ccc(CN2CC3(CCN(C(=O)C4CCOCC4)CC3)c3c(n(C)c4cc(OC)ccc34)[C@H]2CO)cc1. The highest BCUT2D eigenvalue weighted by molar-refractivity contribution is 5.89.